The molecule has 0 heterocycles. The molecule has 4 saturated carbocycles. The summed E-state index contributed by atoms with van der Waals surface area (Å²) in [6, 6.07) is 7.55. The van der Waals surface area contributed by atoms with E-state index in [4.69, 9.17) is 42.9 Å². The van der Waals surface area contributed by atoms with Gasteiger partial charge in [-0.15, -0.1) is 0 Å². The fourth-order valence-electron chi connectivity index (χ4n) is 6.55. The first-order chi connectivity index (χ1) is 21.4. The molecule has 8 N–H and O–H groups in total. The molecule has 0 radical (unpaired) electrons. The molecule has 4 aliphatic carbocycles. The van der Waals surface area contributed by atoms with Gasteiger partial charge in [0.15, 0.2) is 0 Å². The van der Waals surface area contributed by atoms with Crippen LogP contribution in [-0.4, -0.2) is 22.8 Å². The Bertz CT molecular complexity index is 1180. The monoisotopic (exact) mass is 596 g/mol. The minimum Gasteiger partial charge on any atom is -0.397 e. The number of aliphatic imine (C=N–C) groups is 4. The Balaban J connectivity index is 0.000000328. The summed E-state index contributed by atoms with van der Waals surface area (Å²) in [5.74, 6) is 0. The van der Waals surface area contributed by atoms with Crippen LogP contribution in [-0.2, 0) is 0 Å². The highest BCUT2D eigenvalue weighted by Gasteiger charge is 2.17. The van der Waals surface area contributed by atoms with Crippen LogP contribution in [0.1, 0.15) is 128 Å². The van der Waals surface area contributed by atoms with Crippen molar-refractivity contribution in [3.8, 4) is 0 Å². The summed E-state index contributed by atoms with van der Waals surface area (Å²) in [7, 11) is 0. The molecule has 8 nitrogen and oxygen atoms in total. The molecule has 0 unspecified atom stereocenters. The molecule has 0 aliphatic heterocycles. The van der Waals surface area contributed by atoms with Crippen LogP contribution in [0.3, 0.4) is 0 Å². The van der Waals surface area contributed by atoms with Gasteiger partial charge in [-0.1, -0.05) is 25.7 Å². The van der Waals surface area contributed by atoms with Gasteiger partial charge in [-0.25, -0.2) is 0 Å². The van der Waals surface area contributed by atoms with Gasteiger partial charge in [0, 0.05) is 22.8 Å². The molecule has 0 spiro atoms. The van der Waals surface area contributed by atoms with Crippen LogP contribution in [0.2, 0.25) is 0 Å². The second-order valence-corrected chi connectivity index (χ2v) is 12.9. The summed E-state index contributed by atoms with van der Waals surface area (Å²) in [5.41, 5.74) is 33.1. The van der Waals surface area contributed by atoms with Crippen molar-refractivity contribution >= 4 is 68.3 Å². The zero-order chi connectivity index (χ0) is 30.7. The van der Waals surface area contributed by atoms with Crippen molar-refractivity contribution in [3.05, 3.63) is 24.3 Å². The molecule has 44 heavy (non-hydrogen) atoms. The van der Waals surface area contributed by atoms with Crippen LogP contribution in [0, 0.1) is 0 Å². The summed E-state index contributed by atoms with van der Waals surface area (Å²) < 4.78 is 0. The van der Waals surface area contributed by atoms with Crippen molar-refractivity contribution in [2.24, 2.45) is 20.0 Å². The van der Waals surface area contributed by atoms with Crippen LogP contribution in [0.25, 0.3) is 0 Å². The summed E-state index contributed by atoms with van der Waals surface area (Å²) in [6.07, 6.45) is 24.5. The number of rotatable bonds is 4. The first kappa shape index (κ1) is 31.7. The summed E-state index contributed by atoms with van der Waals surface area (Å²) in [5, 5.41) is 0. The summed E-state index contributed by atoms with van der Waals surface area (Å²) in [4.78, 5) is 20.9. The van der Waals surface area contributed by atoms with Gasteiger partial charge in [-0.2, -0.15) is 0 Å². The van der Waals surface area contributed by atoms with E-state index in [1.807, 2.05) is 0 Å². The molecular weight excluding hydrogens is 544 g/mol. The third kappa shape index (κ3) is 9.16. The molecule has 0 amide bonds. The number of nitrogens with zero attached hydrogens (tertiary/aromatic N) is 4. The molecule has 4 aliphatic rings. The van der Waals surface area contributed by atoms with Crippen LogP contribution in [0.15, 0.2) is 44.2 Å². The highest BCUT2D eigenvalue weighted by atomic mass is 14.9. The van der Waals surface area contributed by atoms with Gasteiger partial charge in [-0.3, -0.25) is 20.0 Å². The highest BCUT2D eigenvalue weighted by Crippen LogP contribution is 2.43. The smallest absolute Gasteiger partial charge is 0.0908 e. The SMILES string of the molecule is Nc1cc(N)c(N)cc1N.c1c(N=C2CCCCC2)c(N=C2CCCCC2)cc(N=C2CCCCC2)c1N=C1CCCCC1. The lowest BCUT2D eigenvalue weighted by Crippen LogP contribution is -2.06. The molecule has 6 rings (SSSR count). The molecular formula is C36H52N8. The molecule has 0 atom stereocenters. The average Bonchev–Trinajstić information content (AvgIpc) is 3.04. The van der Waals surface area contributed by atoms with Crippen molar-refractivity contribution in [2.75, 3.05) is 22.9 Å². The number of anilines is 4. The quantitative estimate of drug-likeness (QED) is 0.259. The van der Waals surface area contributed by atoms with E-state index in [9.17, 15) is 0 Å². The number of nitrogens with two attached hydrogens (primary N) is 4. The highest BCUT2D eigenvalue weighted by molar-refractivity contribution is 5.97. The van der Waals surface area contributed by atoms with Crippen LogP contribution in [0.4, 0.5) is 45.5 Å². The third-order valence-corrected chi connectivity index (χ3v) is 9.20. The summed E-state index contributed by atoms with van der Waals surface area (Å²) in [6.45, 7) is 0. The van der Waals surface area contributed by atoms with E-state index in [-0.39, 0.29) is 0 Å². The first-order valence-corrected chi connectivity index (χ1v) is 17.1. The maximum absolute atomic E-state index is 5.43. The van der Waals surface area contributed by atoms with Crippen molar-refractivity contribution in [2.45, 2.75) is 128 Å². The predicted molar refractivity (Wildman–Crippen MR) is 191 cm³/mol. The minimum atomic E-state index is 0.465. The molecule has 0 aromatic heterocycles. The minimum absolute atomic E-state index is 0.465. The Kier molecular flexibility index (Phi) is 11.4. The van der Waals surface area contributed by atoms with Crippen LogP contribution >= 0.6 is 0 Å². The van der Waals surface area contributed by atoms with Crippen molar-refractivity contribution in [1.82, 2.24) is 0 Å². The Morgan fingerprint density at radius 2 is 0.500 bits per heavy atom. The van der Waals surface area contributed by atoms with E-state index in [0.717, 1.165) is 74.1 Å². The molecule has 4 fully saturated rings. The van der Waals surface area contributed by atoms with Gasteiger partial charge >= 0.3 is 0 Å². The fraction of sp³-hybridized carbons (Fsp3) is 0.556. The van der Waals surface area contributed by atoms with E-state index in [0.29, 0.717) is 22.7 Å². The van der Waals surface area contributed by atoms with Crippen molar-refractivity contribution in [3.63, 3.8) is 0 Å². The number of hydrogen-bond donors (Lipinski definition) is 4. The Hall–Kier alpha value is -3.68. The lowest BCUT2D eigenvalue weighted by atomic mass is 9.97. The second kappa shape index (κ2) is 15.9. The van der Waals surface area contributed by atoms with Crippen LogP contribution in [0.5, 0.6) is 0 Å². The zero-order valence-corrected chi connectivity index (χ0v) is 26.5. The van der Waals surface area contributed by atoms with Crippen molar-refractivity contribution in [1.29, 1.82) is 0 Å². The number of nitrogen functional groups attached to an aromatic ring is 4. The van der Waals surface area contributed by atoms with Crippen LogP contribution < -0.4 is 22.9 Å². The van der Waals surface area contributed by atoms with E-state index in [1.165, 1.54) is 99.9 Å². The third-order valence-electron chi connectivity index (χ3n) is 9.20. The maximum atomic E-state index is 5.43. The molecule has 8 heteroatoms. The fourth-order valence-corrected chi connectivity index (χ4v) is 6.55. The second-order valence-electron chi connectivity index (χ2n) is 12.9. The molecule has 0 saturated heterocycles. The first-order valence-electron chi connectivity index (χ1n) is 17.1. The number of hydrogen-bond acceptors (Lipinski definition) is 8. The Morgan fingerprint density at radius 3 is 0.705 bits per heavy atom. The predicted octanol–water partition coefficient (Wildman–Crippen LogP) is 9.85. The number of benzene rings is 2. The molecule has 2 aromatic rings. The van der Waals surface area contributed by atoms with E-state index >= 15 is 0 Å². The van der Waals surface area contributed by atoms with Gasteiger partial charge in [0.05, 0.1) is 45.5 Å². The zero-order valence-electron chi connectivity index (χ0n) is 26.5. The Morgan fingerprint density at radius 1 is 0.295 bits per heavy atom. The van der Waals surface area contributed by atoms with Gasteiger partial charge in [0.25, 0.3) is 0 Å². The lowest BCUT2D eigenvalue weighted by molar-refractivity contribution is 0.666. The lowest BCUT2D eigenvalue weighted by Gasteiger charge is -2.18. The topological polar surface area (TPSA) is 154 Å². The molecule has 2 aromatic carbocycles. The maximum Gasteiger partial charge on any atom is 0.0908 e. The van der Waals surface area contributed by atoms with E-state index in [2.05, 4.69) is 12.1 Å². The summed E-state index contributed by atoms with van der Waals surface area (Å²) >= 11 is 0. The normalized spacial score (nSPS) is 19.1. The standard InChI is InChI=1S/C30H42N4.C6H10N4/c1-5-13-23(14-6-1)31-27-21-29(33-25-17-9-3-10-18-25)30(34-26-19-11-4-12-20-26)22-28(27)32-24-15-7-2-8-16-24;7-3-1-4(8)6(10)2-5(3)9/h21-22H,1-20H2;1-2H,7-10H2. The Labute approximate surface area is 263 Å². The largest absolute Gasteiger partial charge is 0.397 e. The van der Waals surface area contributed by atoms with Gasteiger partial charge in [0.2, 0.25) is 0 Å². The molecule has 236 valence electrons. The van der Waals surface area contributed by atoms with Crippen molar-refractivity contribution < 1.29 is 0 Å². The van der Waals surface area contributed by atoms with E-state index < -0.39 is 0 Å². The van der Waals surface area contributed by atoms with Gasteiger partial charge in [-0.05, 0) is 127 Å². The average molecular weight is 597 g/mol. The molecule has 0 bridgehead atoms. The van der Waals surface area contributed by atoms with Gasteiger partial charge < -0.3 is 22.9 Å². The van der Waals surface area contributed by atoms with Gasteiger partial charge in [0.1, 0.15) is 0 Å². The van der Waals surface area contributed by atoms with E-state index in [1.54, 1.807) is 12.1 Å².